The van der Waals surface area contributed by atoms with Gasteiger partial charge in [-0.3, -0.25) is 0 Å². The summed E-state index contributed by atoms with van der Waals surface area (Å²) in [5.41, 5.74) is 5.52. The molecule has 3 nitrogen and oxygen atoms in total. The van der Waals surface area contributed by atoms with Crippen molar-refractivity contribution in [2.24, 2.45) is 5.73 Å². The summed E-state index contributed by atoms with van der Waals surface area (Å²) in [6.45, 7) is 8.64. The molecule has 2 unspecified atom stereocenters. The lowest BCUT2D eigenvalue weighted by molar-refractivity contribution is 0.135. The predicted octanol–water partition coefficient (Wildman–Crippen LogP) is 1.44. The van der Waals surface area contributed by atoms with Crippen molar-refractivity contribution in [3.05, 3.63) is 0 Å². The van der Waals surface area contributed by atoms with Crippen LogP contribution in [0.15, 0.2) is 0 Å². The lowest BCUT2D eigenvalue weighted by Crippen LogP contribution is -2.43. The lowest BCUT2D eigenvalue weighted by Gasteiger charge is -2.27. The van der Waals surface area contributed by atoms with Crippen molar-refractivity contribution in [1.82, 2.24) is 0 Å². The molecule has 0 aliphatic heterocycles. The van der Waals surface area contributed by atoms with Crippen molar-refractivity contribution >= 4 is 8.56 Å². The highest BCUT2D eigenvalue weighted by molar-refractivity contribution is 6.65. The first kappa shape index (κ1) is 11.1. The van der Waals surface area contributed by atoms with Crippen LogP contribution in [0.3, 0.4) is 0 Å². The summed E-state index contributed by atoms with van der Waals surface area (Å²) in [6.07, 6.45) is -0.210. The van der Waals surface area contributed by atoms with Crippen LogP contribution in [0.2, 0.25) is 12.6 Å². The molecule has 68 valence electrons. The third-order valence-corrected chi connectivity index (χ3v) is 4.58. The van der Waals surface area contributed by atoms with Gasteiger partial charge >= 0.3 is 8.56 Å². The molecule has 4 heteroatoms. The highest BCUT2D eigenvalue weighted by Gasteiger charge is 2.29. The van der Waals surface area contributed by atoms with Crippen LogP contribution in [0.1, 0.15) is 20.8 Å². The minimum absolute atomic E-state index is 0.210. The van der Waals surface area contributed by atoms with Crippen molar-refractivity contribution in [1.29, 1.82) is 0 Å². The summed E-state index contributed by atoms with van der Waals surface area (Å²) in [4.78, 5) is 0. The Morgan fingerprint density at radius 1 is 1.45 bits per heavy atom. The van der Waals surface area contributed by atoms with E-state index >= 15 is 0 Å². The Morgan fingerprint density at radius 3 is 2.27 bits per heavy atom. The van der Waals surface area contributed by atoms with Gasteiger partial charge in [-0.2, -0.15) is 0 Å². The molecule has 2 atom stereocenters. The average Bonchev–Trinajstić information content (AvgIpc) is 1.87. The van der Waals surface area contributed by atoms with Gasteiger partial charge in [0.25, 0.3) is 0 Å². The van der Waals surface area contributed by atoms with E-state index in [9.17, 15) is 0 Å². The van der Waals surface area contributed by atoms with Gasteiger partial charge in [-0.1, -0.05) is 6.92 Å². The molecule has 0 rings (SSSR count). The van der Waals surface area contributed by atoms with E-state index in [1.165, 1.54) is 0 Å². The van der Waals surface area contributed by atoms with Crippen LogP contribution >= 0.6 is 0 Å². The Kier molecular flexibility index (Phi) is 4.91. The highest BCUT2D eigenvalue weighted by atomic mass is 28.4. The maximum absolute atomic E-state index is 5.53. The Morgan fingerprint density at radius 2 is 2.00 bits per heavy atom. The second-order valence-electron chi connectivity index (χ2n) is 2.74. The molecule has 0 saturated carbocycles. The van der Waals surface area contributed by atoms with Gasteiger partial charge in [0.15, 0.2) is 0 Å². The zero-order valence-electron chi connectivity index (χ0n) is 7.89. The molecule has 0 aliphatic carbocycles. The maximum atomic E-state index is 5.53. The molecule has 0 aromatic carbocycles. The first-order valence-corrected chi connectivity index (χ1v) is 6.63. The molecular weight excluding hydrogens is 158 g/mol. The Balaban J connectivity index is 3.87. The zero-order chi connectivity index (χ0) is 8.91. The van der Waals surface area contributed by atoms with Crippen molar-refractivity contribution in [2.75, 3.05) is 6.61 Å². The Labute approximate surface area is 70.1 Å². The van der Waals surface area contributed by atoms with Crippen LogP contribution in [0, 0.1) is 0 Å². The van der Waals surface area contributed by atoms with E-state index < -0.39 is 8.56 Å². The third-order valence-electron chi connectivity index (χ3n) is 1.53. The van der Waals surface area contributed by atoms with Gasteiger partial charge in [-0.25, -0.2) is 0 Å². The lowest BCUT2D eigenvalue weighted by atomic mass is 10.7. The van der Waals surface area contributed by atoms with E-state index in [1.54, 1.807) is 0 Å². The van der Waals surface area contributed by atoms with E-state index in [2.05, 4.69) is 6.92 Å². The normalized spacial score (nSPS) is 19.4. The average molecular weight is 177 g/mol. The number of hydrogen-bond donors (Lipinski definition) is 1. The van der Waals surface area contributed by atoms with E-state index in [0.717, 1.165) is 6.04 Å². The minimum atomic E-state index is -1.91. The second-order valence-corrected chi connectivity index (χ2v) is 6.24. The van der Waals surface area contributed by atoms with Crippen molar-refractivity contribution < 1.29 is 8.85 Å². The van der Waals surface area contributed by atoms with Crippen molar-refractivity contribution in [3.63, 3.8) is 0 Å². The van der Waals surface area contributed by atoms with Gasteiger partial charge in [0.2, 0.25) is 0 Å². The molecule has 0 bridgehead atoms. The van der Waals surface area contributed by atoms with E-state index in [1.807, 2.05) is 20.4 Å². The number of hydrogen-bond acceptors (Lipinski definition) is 3. The van der Waals surface area contributed by atoms with Gasteiger partial charge in [0, 0.05) is 6.61 Å². The number of rotatable bonds is 5. The zero-order valence-corrected chi connectivity index (χ0v) is 8.89. The summed E-state index contributed by atoms with van der Waals surface area (Å²) in [5.74, 6) is 0. The molecule has 0 radical (unpaired) electrons. The first-order valence-electron chi connectivity index (χ1n) is 4.11. The molecule has 0 saturated heterocycles. The van der Waals surface area contributed by atoms with Crippen LogP contribution in [0.25, 0.3) is 0 Å². The SMILES string of the molecule is CCO[Si](C)(CC)OC(C)N. The fourth-order valence-corrected chi connectivity index (χ4v) is 2.75. The van der Waals surface area contributed by atoms with Crippen LogP contribution in [-0.2, 0) is 8.85 Å². The summed E-state index contributed by atoms with van der Waals surface area (Å²) >= 11 is 0. The molecule has 0 aromatic rings. The summed E-state index contributed by atoms with van der Waals surface area (Å²) < 4.78 is 11.0. The second kappa shape index (κ2) is 4.87. The van der Waals surface area contributed by atoms with Crippen molar-refractivity contribution in [3.8, 4) is 0 Å². The van der Waals surface area contributed by atoms with Gasteiger partial charge < -0.3 is 14.6 Å². The van der Waals surface area contributed by atoms with Gasteiger partial charge in [0.05, 0.1) is 6.23 Å². The van der Waals surface area contributed by atoms with E-state index in [-0.39, 0.29) is 6.23 Å². The third kappa shape index (κ3) is 4.52. The summed E-state index contributed by atoms with van der Waals surface area (Å²) in [5, 5.41) is 0. The molecule has 0 spiro atoms. The fraction of sp³-hybridized carbons (Fsp3) is 1.00. The summed E-state index contributed by atoms with van der Waals surface area (Å²) in [7, 11) is -1.91. The molecule has 0 heterocycles. The topological polar surface area (TPSA) is 44.5 Å². The van der Waals surface area contributed by atoms with E-state index in [4.69, 9.17) is 14.6 Å². The molecule has 0 amide bonds. The molecular formula is C7H19NO2Si. The molecule has 0 aromatic heterocycles. The van der Waals surface area contributed by atoms with Crippen LogP contribution in [0.4, 0.5) is 0 Å². The first-order chi connectivity index (χ1) is 5.04. The fourth-order valence-electron chi connectivity index (χ4n) is 0.918. The highest BCUT2D eigenvalue weighted by Crippen LogP contribution is 2.13. The number of nitrogens with two attached hydrogens (primary N) is 1. The molecule has 0 fully saturated rings. The molecule has 2 N–H and O–H groups in total. The Bertz CT molecular complexity index is 111. The maximum Gasteiger partial charge on any atom is 0.335 e. The molecule has 0 aliphatic rings. The van der Waals surface area contributed by atoms with Gasteiger partial charge in [-0.05, 0) is 26.4 Å². The molecule has 11 heavy (non-hydrogen) atoms. The van der Waals surface area contributed by atoms with Gasteiger partial charge in [0.1, 0.15) is 0 Å². The van der Waals surface area contributed by atoms with Gasteiger partial charge in [-0.15, -0.1) is 0 Å². The smallest absolute Gasteiger partial charge is 0.335 e. The quantitative estimate of drug-likeness (QED) is 0.510. The largest absolute Gasteiger partial charge is 0.395 e. The predicted molar refractivity (Wildman–Crippen MR) is 48.5 cm³/mol. The minimum Gasteiger partial charge on any atom is -0.395 e. The van der Waals surface area contributed by atoms with Crippen LogP contribution in [0.5, 0.6) is 0 Å². The Hall–Kier alpha value is 0.0969. The van der Waals surface area contributed by atoms with Crippen LogP contribution in [-0.4, -0.2) is 21.4 Å². The van der Waals surface area contributed by atoms with Crippen LogP contribution < -0.4 is 5.73 Å². The van der Waals surface area contributed by atoms with Crippen molar-refractivity contribution in [2.45, 2.75) is 39.6 Å². The van der Waals surface area contributed by atoms with E-state index in [0.29, 0.717) is 6.61 Å². The standard InChI is InChI=1S/C7H19NO2Si/c1-5-9-11(4,6-2)10-7(3)8/h7H,5-6,8H2,1-4H3. The monoisotopic (exact) mass is 177 g/mol. The summed E-state index contributed by atoms with van der Waals surface area (Å²) in [6, 6.07) is 0.947.